The maximum Gasteiger partial charge on any atom is 0.00629 e. The van der Waals surface area contributed by atoms with E-state index in [0.29, 0.717) is 6.04 Å². The van der Waals surface area contributed by atoms with Crippen LogP contribution in [0.1, 0.15) is 32.6 Å². The highest BCUT2D eigenvalue weighted by molar-refractivity contribution is 4.69. The Morgan fingerprint density at radius 3 is 1.73 bits per heavy atom. The van der Waals surface area contributed by atoms with Gasteiger partial charge in [-0.15, -0.1) is 0 Å². The molecule has 0 aromatic carbocycles. The van der Waals surface area contributed by atoms with Gasteiger partial charge in [-0.05, 0) is 31.8 Å². The van der Waals surface area contributed by atoms with Crippen molar-refractivity contribution in [2.75, 3.05) is 13.1 Å². The Bertz CT molecular complexity index is 93.7. The molecular weight excluding hydrogens is 136 g/mol. The zero-order valence-electron chi connectivity index (χ0n) is 7.47. The minimum Gasteiger partial charge on any atom is -0.328 e. The molecule has 0 atom stereocenters. The predicted octanol–water partition coefficient (Wildman–Crippen LogP) is 1.11. The first-order chi connectivity index (χ1) is 5.29. The van der Waals surface area contributed by atoms with Crippen LogP contribution in [0.2, 0.25) is 0 Å². The summed E-state index contributed by atoms with van der Waals surface area (Å²) in [5.74, 6) is 1.08. The summed E-state index contributed by atoms with van der Waals surface area (Å²) < 4.78 is 0. The van der Waals surface area contributed by atoms with E-state index in [2.05, 4.69) is 12.2 Å². The number of piperidine rings is 1. The number of hydrogen-bond acceptors (Lipinski definition) is 2. The molecule has 1 aliphatic carbocycles. The zero-order valence-corrected chi connectivity index (χ0v) is 7.47. The van der Waals surface area contributed by atoms with E-state index < -0.39 is 0 Å². The molecule has 2 heteroatoms. The first-order valence-corrected chi connectivity index (χ1v) is 4.75. The Balaban J connectivity index is 0.000000128. The minimum atomic E-state index is 0.473. The molecule has 0 aromatic rings. The van der Waals surface area contributed by atoms with Gasteiger partial charge in [-0.25, -0.2) is 0 Å². The molecule has 2 nitrogen and oxygen atoms in total. The van der Waals surface area contributed by atoms with Crippen LogP contribution in [0.4, 0.5) is 0 Å². The van der Waals surface area contributed by atoms with E-state index in [-0.39, 0.29) is 0 Å². The molecule has 11 heavy (non-hydrogen) atoms. The highest BCUT2D eigenvalue weighted by Crippen LogP contribution is 2.26. The second-order valence-corrected chi connectivity index (χ2v) is 3.77. The van der Waals surface area contributed by atoms with Gasteiger partial charge in [0, 0.05) is 6.04 Å². The molecule has 3 N–H and O–H groups in total. The normalized spacial score (nSPS) is 25.6. The lowest BCUT2D eigenvalue weighted by atomic mass is 10.1. The molecule has 1 saturated carbocycles. The van der Waals surface area contributed by atoms with Crippen LogP contribution >= 0.6 is 0 Å². The molecule has 2 fully saturated rings. The fourth-order valence-electron chi connectivity index (χ4n) is 1.01. The second kappa shape index (κ2) is 4.73. The van der Waals surface area contributed by atoms with Gasteiger partial charge < -0.3 is 11.1 Å². The molecule has 1 aliphatic heterocycles. The molecule has 0 amide bonds. The summed E-state index contributed by atoms with van der Waals surface area (Å²) in [4.78, 5) is 0. The maximum atomic E-state index is 5.59. The zero-order chi connectivity index (χ0) is 8.10. The Morgan fingerprint density at radius 1 is 1.09 bits per heavy atom. The summed E-state index contributed by atoms with van der Waals surface area (Å²) in [6.45, 7) is 4.50. The Morgan fingerprint density at radius 2 is 1.55 bits per heavy atom. The topological polar surface area (TPSA) is 38.0 Å². The molecule has 1 heterocycles. The summed E-state index contributed by atoms with van der Waals surface area (Å²) in [5.41, 5.74) is 5.59. The van der Waals surface area contributed by atoms with Crippen molar-refractivity contribution in [1.82, 2.24) is 5.32 Å². The van der Waals surface area contributed by atoms with E-state index in [9.17, 15) is 0 Å². The van der Waals surface area contributed by atoms with Crippen LogP contribution in [-0.4, -0.2) is 19.1 Å². The van der Waals surface area contributed by atoms with Gasteiger partial charge in [0.05, 0.1) is 0 Å². The third-order valence-electron chi connectivity index (χ3n) is 2.25. The predicted molar refractivity (Wildman–Crippen MR) is 48.5 cm³/mol. The average molecular weight is 156 g/mol. The van der Waals surface area contributed by atoms with Gasteiger partial charge in [-0.2, -0.15) is 0 Å². The summed E-state index contributed by atoms with van der Waals surface area (Å²) in [6.07, 6.45) is 5.28. The molecule has 0 aromatic heterocycles. The SMILES string of the molecule is CC1CC1.NC1CCNCC1. The summed E-state index contributed by atoms with van der Waals surface area (Å²) >= 11 is 0. The average Bonchev–Trinajstić information content (AvgIpc) is 2.75. The molecule has 1 saturated heterocycles. The number of nitrogens with one attached hydrogen (secondary N) is 1. The molecule has 0 unspecified atom stereocenters. The standard InChI is InChI=1S/C5H12N2.C4H8/c6-5-1-3-7-4-2-5;1-4-2-3-4/h5,7H,1-4,6H2;4H,2-3H2,1H3. The lowest BCUT2D eigenvalue weighted by molar-refractivity contribution is 0.458. The van der Waals surface area contributed by atoms with E-state index in [4.69, 9.17) is 5.73 Å². The highest BCUT2D eigenvalue weighted by atomic mass is 14.9. The van der Waals surface area contributed by atoms with Crippen molar-refractivity contribution in [3.63, 3.8) is 0 Å². The molecule has 0 radical (unpaired) electrons. The van der Waals surface area contributed by atoms with E-state index in [1.54, 1.807) is 0 Å². The van der Waals surface area contributed by atoms with Crippen molar-refractivity contribution < 1.29 is 0 Å². The third-order valence-corrected chi connectivity index (χ3v) is 2.25. The van der Waals surface area contributed by atoms with Crippen LogP contribution in [-0.2, 0) is 0 Å². The van der Waals surface area contributed by atoms with Gasteiger partial charge in [-0.3, -0.25) is 0 Å². The third kappa shape index (κ3) is 5.22. The molecule has 0 spiro atoms. The first-order valence-electron chi connectivity index (χ1n) is 4.75. The van der Waals surface area contributed by atoms with Crippen molar-refractivity contribution in [3.8, 4) is 0 Å². The molecule has 2 aliphatic rings. The van der Waals surface area contributed by atoms with Crippen LogP contribution < -0.4 is 11.1 Å². The van der Waals surface area contributed by atoms with Gasteiger partial charge in [0.1, 0.15) is 0 Å². The van der Waals surface area contributed by atoms with Crippen molar-refractivity contribution in [2.45, 2.75) is 38.6 Å². The lowest BCUT2D eigenvalue weighted by Gasteiger charge is -2.17. The minimum absolute atomic E-state index is 0.473. The van der Waals surface area contributed by atoms with Crippen molar-refractivity contribution >= 4 is 0 Å². The Hall–Kier alpha value is -0.0800. The van der Waals surface area contributed by atoms with Gasteiger partial charge >= 0.3 is 0 Å². The van der Waals surface area contributed by atoms with Crippen LogP contribution in [0.15, 0.2) is 0 Å². The monoisotopic (exact) mass is 156 g/mol. The van der Waals surface area contributed by atoms with Gasteiger partial charge in [-0.1, -0.05) is 19.8 Å². The fourth-order valence-corrected chi connectivity index (χ4v) is 1.01. The van der Waals surface area contributed by atoms with Crippen LogP contribution in [0.3, 0.4) is 0 Å². The second-order valence-electron chi connectivity index (χ2n) is 3.77. The van der Waals surface area contributed by atoms with Gasteiger partial charge in [0.25, 0.3) is 0 Å². The van der Waals surface area contributed by atoms with E-state index in [0.717, 1.165) is 31.8 Å². The van der Waals surface area contributed by atoms with Gasteiger partial charge in [0.2, 0.25) is 0 Å². The van der Waals surface area contributed by atoms with Crippen LogP contribution in [0.25, 0.3) is 0 Å². The quantitative estimate of drug-likeness (QED) is 0.551. The highest BCUT2D eigenvalue weighted by Gasteiger charge is 2.12. The van der Waals surface area contributed by atoms with Crippen LogP contribution in [0, 0.1) is 5.92 Å². The smallest absolute Gasteiger partial charge is 0.00629 e. The maximum absolute atomic E-state index is 5.59. The van der Waals surface area contributed by atoms with Crippen LogP contribution in [0.5, 0.6) is 0 Å². The fraction of sp³-hybridized carbons (Fsp3) is 1.00. The van der Waals surface area contributed by atoms with Crippen molar-refractivity contribution in [1.29, 1.82) is 0 Å². The summed E-state index contributed by atoms with van der Waals surface area (Å²) in [7, 11) is 0. The van der Waals surface area contributed by atoms with E-state index >= 15 is 0 Å². The van der Waals surface area contributed by atoms with Gasteiger partial charge in [0.15, 0.2) is 0 Å². The first kappa shape index (κ1) is 9.01. The number of nitrogens with two attached hydrogens (primary N) is 1. The molecular formula is C9H20N2. The summed E-state index contributed by atoms with van der Waals surface area (Å²) in [6, 6.07) is 0.473. The summed E-state index contributed by atoms with van der Waals surface area (Å²) in [5, 5.41) is 3.24. The Labute approximate surface area is 69.5 Å². The number of rotatable bonds is 0. The van der Waals surface area contributed by atoms with E-state index in [1.165, 1.54) is 12.8 Å². The largest absolute Gasteiger partial charge is 0.328 e. The molecule has 66 valence electrons. The van der Waals surface area contributed by atoms with E-state index in [1.807, 2.05) is 0 Å². The van der Waals surface area contributed by atoms with Crippen molar-refractivity contribution in [2.24, 2.45) is 11.7 Å². The lowest BCUT2D eigenvalue weighted by Crippen LogP contribution is -2.35. The molecule has 0 bridgehead atoms. The Kier molecular flexibility index (Phi) is 3.87. The molecule has 2 rings (SSSR count). The van der Waals surface area contributed by atoms with Crippen molar-refractivity contribution in [3.05, 3.63) is 0 Å². The number of hydrogen-bond donors (Lipinski definition) is 2.